The molecule has 0 radical (unpaired) electrons. The van der Waals surface area contributed by atoms with Gasteiger partial charge in [-0.05, 0) is 11.1 Å². The monoisotopic (exact) mass is 139 g/mol. The zero-order chi connectivity index (χ0) is 6.73. The molecule has 0 saturated carbocycles. The van der Waals surface area contributed by atoms with Crippen LogP contribution in [0.3, 0.4) is 0 Å². The van der Waals surface area contributed by atoms with Crippen molar-refractivity contribution in [3.05, 3.63) is 0 Å². The minimum atomic E-state index is -0.849. The van der Waals surface area contributed by atoms with Crippen molar-refractivity contribution in [3.8, 4) is 0 Å². The summed E-state index contributed by atoms with van der Waals surface area (Å²) < 4.78 is 0. The Labute approximate surface area is 72.3 Å². The summed E-state index contributed by atoms with van der Waals surface area (Å²) in [5, 5.41) is 5.90. The van der Waals surface area contributed by atoms with E-state index in [1.807, 2.05) is 0 Å². The van der Waals surface area contributed by atoms with Gasteiger partial charge in [0.1, 0.15) is 8.96 Å². The number of hydrogen-bond donors (Lipinski definition) is 1. The first kappa shape index (κ1) is 12.5. The van der Waals surface area contributed by atoms with Gasteiger partial charge in [0.05, 0.1) is 0 Å². The van der Waals surface area contributed by atoms with Crippen molar-refractivity contribution in [2.75, 3.05) is 0 Å². The molecule has 0 aromatic rings. The average Bonchev–Trinajstić information content (AvgIpc) is 1.64. The molecule has 9 heavy (non-hydrogen) atoms. The van der Waals surface area contributed by atoms with E-state index >= 15 is 0 Å². The Morgan fingerprint density at radius 3 is 1.22 bits per heavy atom. The van der Waals surface area contributed by atoms with Gasteiger partial charge in [-0.2, -0.15) is 0 Å². The standard InChI is InChI=1S/C6H17NSi.Li.H/c1-5(2)8(7)6(3)4;;/h5-6,8H,7H2,1-4H3;;. The van der Waals surface area contributed by atoms with Gasteiger partial charge >= 0.3 is 18.9 Å². The maximum absolute atomic E-state index is 5.90. The van der Waals surface area contributed by atoms with E-state index in [9.17, 15) is 0 Å². The second-order valence-electron chi connectivity index (χ2n) is 3.07. The summed E-state index contributed by atoms with van der Waals surface area (Å²) in [7, 11) is -0.849. The van der Waals surface area contributed by atoms with Crippen molar-refractivity contribution >= 4 is 27.8 Å². The quantitative estimate of drug-likeness (QED) is 0.564. The summed E-state index contributed by atoms with van der Waals surface area (Å²) in [5.74, 6) is 0. The molecule has 3 heteroatoms. The predicted octanol–water partition coefficient (Wildman–Crippen LogP) is 0.840. The van der Waals surface area contributed by atoms with Crippen LogP contribution >= 0.6 is 0 Å². The Hall–Kier alpha value is 0.774. The molecule has 0 spiro atoms. The summed E-state index contributed by atoms with van der Waals surface area (Å²) in [6, 6.07) is 0. The van der Waals surface area contributed by atoms with Crippen molar-refractivity contribution in [2.45, 2.75) is 38.8 Å². The molecule has 0 rings (SSSR count). The van der Waals surface area contributed by atoms with Crippen LogP contribution in [0, 0.1) is 0 Å². The molecule has 0 saturated heterocycles. The van der Waals surface area contributed by atoms with Crippen LogP contribution in [0.2, 0.25) is 11.1 Å². The van der Waals surface area contributed by atoms with Gasteiger partial charge < -0.3 is 5.40 Å². The van der Waals surface area contributed by atoms with E-state index in [-0.39, 0.29) is 18.9 Å². The summed E-state index contributed by atoms with van der Waals surface area (Å²) >= 11 is 0. The van der Waals surface area contributed by atoms with Crippen LogP contribution in [0.25, 0.3) is 0 Å². The second-order valence-corrected chi connectivity index (χ2v) is 6.89. The van der Waals surface area contributed by atoms with Gasteiger partial charge in [-0.15, -0.1) is 0 Å². The van der Waals surface area contributed by atoms with Gasteiger partial charge in [0.2, 0.25) is 0 Å². The number of rotatable bonds is 2. The van der Waals surface area contributed by atoms with E-state index in [4.69, 9.17) is 5.40 Å². The molecule has 0 unspecified atom stereocenters. The second kappa shape index (κ2) is 5.55. The fourth-order valence-corrected chi connectivity index (χ4v) is 2.31. The fourth-order valence-electron chi connectivity index (χ4n) is 0.770. The summed E-state index contributed by atoms with van der Waals surface area (Å²) in [6.45, 7) is 8.88. The Bertz CT molecular complexity index is 58.1. The predicted molar refractivity (Wildman–Crippen MR) is 48.7 cm³/mol. The molecule has 52 valence electrons. The first-order chi connectivity index (χ1) is 3.55. The summed E-state index contributed by atoms with van der Waals surface area (Å²) in [6.07, 6.45) is 0. The Morgan fingerprint density at radius 2 is 1.22 bits per heavy atom. The summed E-state index contributed by atoms with van der Waals surface area (Å²) in [5.41, 5.74) is 1.52. The van der Waals surface area contributed by atoms with E-state index in [1.165, 1.54) is 0 Å². The van der Waals surface area contributed by atoms with Crippen molar-refractivity contribution in [2.24, 2.45) is 5.40 Å². The molecule has 0 aliphatic carbocycles. The van der Waals surface area contributed by atoms with Gasteiger partial charge in [-0.3, -0.25) is 0 Å². The van der Waals surface area contributed by atoms with Gasteiger partial charge in [0.15, 0.2) is 0 Å². The zero-order valence-corrected chi connectivity index (χ0v) is 7.46. The average molecular weight is 139 g/mol. The molecule has 0 aliphatic heterocycles. The van der Waals surface area contributed by atoms with Crippen LogP contribution in [-0.2, 0) is 0 Å². The van der Waals surface area contributed by atoms with Crippen LogP contribution in [-0.4, -0.2) is 27.8 Å². The molecular weight excluding hydrogens is 121 g/mol. The van der Waals surface area contributed by atoms with Crippen molar-refractivity contribution < 1.29 is 0 Å². The van der Waals surface area contributed by atoms with Crippen molar-refractivity contribution in [3.63, 3.8) is 0 Å². The fraction of sp³-hybridized carbons (Fsp3) is 1.00. The Balaban J connectivity index is 0. The third-order valence-corrected chi connectivity index (χ3v) is 4.62. The SMILES string of the molecule is CC(C)[SiH](N)C(C)C.[LiH]. The minimum absolute atomic E-state index is 0. The third-order valence-electron chi connectivity index (χ3n) is 1.54. The molecule has 0 atom stereocenters. The Kier molecular flexibility index (Phi) is 7.68. The van der Waals surface area contributed by atoms with E-state index in [0.29, 0.717) is 0 Å². The van der Waals surface area contributed by atoms with Crippen LogP contribution in [0.5, 0.6) is 0 Å². The van der Waals surface area contributed by atoms with E-state index in [0.717, 1.165) is 11.1 Å². The molecule has 0 aliphatic rings. The topological polar surface area (TPSA) is 26.0 Å². The molecule has 0 bridgehead atoms. The molecule has 0 heterocycles. The van der Waals surface area contributed by atoms with Crippen LogP contribution < -0.4 is 5.40 Å². The van der Waals surface area contributed by atoms with Crippen LogP contribution in [0.1, 0.15) is 27.7 Å². The zero-order valence-electron chi connectivity index (χ0n) is 6.31. The van der Waals surface area contributed by atoms with Gasteiger partial charge in [0.25, 0.3) is 0 Å². The number of hydrogen-bond acceptors (Lipinski definition) is 1. The maximum atomic E-state index is 5.90. The first-order valence-electron chi connectivity index (χ1n) is 3.31. The molecule has 0 amide bonds. The summed E-state index contributed by atoms with van der Waals surface area (Å²) in [4.78, 5) is 0. The van der Waals surface area contributed by atoms with Gasteiger partial charge in [-0.1, -0.05) is 27.7 Å². The molecule has 1 nitrogen and oxygen atoms in total. The van der Waals surface area contributed by atoms with Gasteiger partial charge in [-0.25, -0.2) is 0 Å². The number of nitrogens with two attached hydrogens (primary N) is 1. The van der Waals surface area contributed by atoms with Gasteiger partial charge in [0, 0.05) is 0 Å². The first-order valence-corrected chi connectivity index (χ1v) is 5.31. The normalized spacial score (nSPS) is 10.7. The van der Waals surface area contributed by atoms with Crippen LogP contribution in [0.4, 0.5) is 0 Å². The molecule has 2 N–H and O–H groups in total. The molecule has 0 fully saturated rings. The van der Waals surface area contributed by atoms with Crippen molar-refractivity contribution in [1.29, 1.82) is 0 Å². The third kappa shape index (κ3) is 5.23. The van der Waals surface area contributed by atoms with Crippen molar-refractivity contribution in [1.82, 2.24) is 0 Å². The molecular formula is C6H18LiNSi. The van der Waals surface area contributed by atoms with E-state index < -0.39 is 8.96 Å². The van der Waals surface area contributed by atoms with E-state index in [2.05, 4.69) is 27.7 Å². The molecule has 0 aromatic heterocycles. The van der Waals surface area contributed by atoms with Crippen LogP contribution in [0.15, 0.2) is 0 Å². The molecule has 0 aromatic carbocycles. The Morgan fingerprint density at radius 1 is 1.00 bits per heavy atom. The van der Waals surface area contributed by atoms with E-state index in [1.54, 1.807) is 0 Å².